The second kappa shape index (κ2) is 14.1. The summed E-state index contributed by atoms with van der Waals surface area (Å²) in [5, 5.41) is 0. The third-order valence-electron chi connectivity index (χ3n) is 1.48. The zero-order valence-corrected chi connectivity index (χ0v) is 9.23. The van der Waals surface area contributed by atoms with Gasteiger partial charge in [0.15, 0.2) is 0 Å². The van der Waals surface area contributed by atoms with Gasteiger partial charge in [0.05, 0.1) is 0 Å². The van der Waals surface area contributed by atoms with E-state index in [1.165, 1.54) is 19.3 Å². The maximum atomic E-state index is 3.42. The van der Waals surface area contributed by atoms with Crippen LogP contribution in [0.1, 0.15) is 32.6 Å². The van der Waals surface area contributed by atoms with E-state index >= 15 is 0 Å². The average Bonchev–Trinajstić information content (AvgIpc) is 2.04. The van der Waals surface area contributed by atoms with Gasteiger partial charge in [0.25, 0.3) is 0 Å². The van der Waals surface area contributed by atoms with Crippen molar-refractivity contribution in [3.8, 4) is 0 Å². The Labute approximate surface area is 92.7 Å². The number of rotatable bonds is 0. The molecule has 0 atom stereocenters. The van der Waals surface area contributed by atoms with E-state index in [0.29, 0.717) is 0 Å². The second-order valence-electron chi connectivity index (χ2n) is 2.56. The fourth-order valence-corrected chi connectivity index (χ4v) is 0.786. The first-order valence-electron chi connectivity index (χ1n) is 4.52. The predicted molar refractivity (Wildman–Crippen MR) is 55.6 cm³/mol. The molecule has 0 heterocycles. The monoisotopic (exact) mass is 220 g/mol. The van der Waals surface area contributed by atoms with Gasteiger partial charge in [-0.1, -0.05) is 25.0 Å². The number of hydrogen-bond donors (Lipinski definition) is 0. The van der Waals surface area contributed by atoms with Gasteiger partial charge in [0.1, 0.15) is 0 Å². The minimum Gasteiger partial charge on any atom is -0.500 e. The Balaban J connectivity index is 0. The van der Waals surface area contributed by atoms with Gasteiger partial charge in [-0.25, -0.2) is 19.1 Å². The fraction of sp³-hybridized carbons (Fsp3) is 0.417. The van der Waals surface area contributed by atoms with Crippen molar-refractivity contribution in [1.82, 2.24) is 0 Å². The van der Waals surface area contributed by atoms with E-state index in [1.807, 2.05) is 13.0 Å². The van der Waals surface area contributed by atoms with Gasteiger partial charge in [-0.2, -0.15) is 6.42 Å². The summed E-state index contributed by atoms with van der Waals surface area (Å²) < 4.78 is 0. The maximum absolute atomic E-state index is 3.42. The Morgan fingerprint density at radius 3 is 2.46 bits per heavy atom. The molecule has 0 amide bonds. The Morgan fingerprint density at radius 1 is 1.23 bits per heavy atom. The first-order chi connectivity index (χ1) is 5.91. The molecule has 0 saturated carbocycles. The molecule has 0 nitrogen and oxygen atoms in total. The summed E-state index contributed by atoms with van der Waals surface area (Å²) >= 11 is 0. The summed E-state index contributed by atoms with van der Waals surface area (Å²) in [7, 11) is 0. The van der Waals surface area contributed by atoms with E-state index in [-0.39, 0.29) is 16.5 Å². The third kappa shape index (κ3) is 14.4. The van der Waals surface area contributed by atoms with Gasteiger partial charge in [0, 0.05) is 0 Å². The van der Waals surface area contributed by atoms with Crippen LogP contribution in [0.4, 0.5) is 0 Å². The molecular weight excluding hydrogens is 203 g/mol. The first kappa shape index (κ1) is 15.1. The summed E-state index contributed by atoms with van der Waals surface area (Å²) in [6, 6.07) is 0. The molecule has 1 heteroatoms. The molecule has 0 aromatic rings. The van der Waals surface area contributed by atoms with Crippen LogP contribution in [0.15, 0.2) is 30.4 Å². The minimum absolute atomic E-state index is 0. The molecule has 1 aliphatic rings. The van der Waals surface area contributed by atoms with Gasteiger partial charge in [-0.3, -0.25) is 6.08 Å². The van der Waals surface area contributed by atoms with E-state index in [9.17, 15) is 0 Å². The summed E-state index contributed by atoms with van der Waals surface area (Å²) in [4.78, 5) is 0. The molecule has 0 fully saturated rings. The van der Waals surface area contributed by atoms with Gasteiger partial charge in [-0.05, 0) is 6.42 Å². The van der Waals surface area contributed by atoms with Crippen LogP contribution in [-0.4, -0.2) is 0 Å². The molecular formula is C12H18Ni. The van der Waals surface area contributed by atoms with Crippen LogP contribution in [0.3, 0.4) is 0 Å². The molecule has 0 aliphatic heterocycles. The van der Waals surface area contributed by atoms with Crippen molar-refractivity contribution in [2.24, 2.45) is 0 Å². The number of allylic oxidation sites excluding steroid dienone is 6. The van der Waals surface area contributed by atoms with Gasteiger partial charge in [-0.15, -0.1) is 6.92 Å². The van der Waals surface area contributed by atoms with Gasteiger partial charge >= 0.3 is 16.5 Å². The predicted octanol–water partition coefficient (Wildman–Crippen LogP) is 3.87. The van der Waals surface area contributed by atoms with E-state index in [1.54, 1.807) is 6.08 Å². The minimum atomic E-state index is 0. The Bertz CT molecular complexity index is 125. The molecule has 1 rings (SSSR count). The molecule has 0 aromatic carbocycles. The van der Waals surface area contributed by atoms with E-state index in [0.717, 1.165) is 6.42 Å². The molecule has 0 radical (unpaired) electrons. The van der Waals surface area contributed by atoms with Crippen molar-refractivity contribution in [2.45, 2.75) is 32.6 Å². The van der Waals surface area contributed by atoms with Crippen LogP contribution in [0.25, 0.3) is 0 Å². The first-order valence-corrected chi connectivity index (χ1v) is 4.52. The van der Waals surface area contributed by atoms with Crippen LogP contribution in [0.5, 0.6) is 0 Å². The average molecular weight is 221 g/mol. The van der Waals surface area contributed by atoms with Crippen molar-refractivity contribution in [1.29, 1.82) is 0 Å². The molecule has 1 aliphatic carbocycles. The summed E-state index contributed by atoms with van der Waals surface area (Å²) in [6.07, 6.45) is 18.1. The topological polar surface area (TPSA) is 0 Å². The van der Waals surface area contributed by atoms with Crippen molar-refractivity contribution in [2.75, 3.05) is 0 Å². The molecule has 0 unspecified atom stereocenters. The molecule has 0 aromatic heterocycles. The van der Waals surface area contributed by atoms with E-state index in [4.69, 9.17) is 0 Å². The zero-order valence-electron chi connectivity index (χ0n) is 8.24. The van der Waals surface area contributed by atoms with Crippen LogP contribution in [0, 0.1) is 13.0 Å². The van der Waals surface area contributed by atoms with Crippen molar-refractivity contribution in [3.05, 3.63) is 43.4 Å². The van der Waals surface area contributed by atoms with Crippen LogP contribution >= 0.6 is 0 Å². The largest absolute Gasteiger partial charge is 2.00 e. The molecule has 13 heavy (non-hydrogen) atoms. The zero-order chi connectivity index (χ0) is 9.07. The Hall–Kier alpha value is -0.416. The van der Waals surface area contributed by atoms with Crippen molar-refractivity contribution < 1.29 is 16.5 Å². The number of hydrogen-bond acceptors (Lipinski definition) is 0. The summed E-state index contributed by atoms with van der Waals surface area (Å²) in [5.74, 6) is 0. The standard InChI is InChI=1S/C8H11.C4H7.Ni/c1-2-4-6-8-7-5-3-1;1-3-4-2;/h1-2,7H,3-6H2;3-4H,1H2,2H3;/q2*-1;+2/b;4-3+;. The van der Waals surface area contributed by atoms with Crippen molar-refractivity contribution >= 4 is 0 Å². The molecule has 0 spiro atoms. The molecule has 76 valence electrons. The van der Waals surface area contributed by atoms with E-state index < -0.39 is 0 Å². The summed E-state index contributed by atoms with van der Waals surface area (Å²) in [5.41, 5.74) is 0. The fourth-order valence-electron chi connectivity index (χ4n) is 0.786. The third-order valence-corrected chi connectivity index (χ3v) is 1.48. The van der Waals surface area contributed by atoms with Crippen LogP contribution < -0.4 is 0 Å². The van der Waals surface area contributed by atoms with Gasteiger partial charge in [0.2, 0.25) is 0 Å². The Kier molecular flexibility index (Phi) is 16.4. The van der Waals surface area contributed by atoms with Crippen molar-refractivity contribution in [3.63, 3.8) is 0 Å². The SMILES string of the molecule is [C-]1=CCCC=CCC1.[CH2-]/C=C/C.[Ni+2]. The molecule has 0 N–H and O–H groups in total. The maximum Gasteiger partial charge on any atom is 2.00 e. The van der Waals surface area contributed by atoms with Crippen LogP contribution in [-0.2, 0) is 16.5 Å². The summed E-state index contributed by atoms with van der Waals surface area (Å²) in [6.45, 7) is 5.36. The van der Waals surface area contributed by atoms with Gasteiger partial charge < -0.3 is 6.08 Å². The quantitative estimate of drug-likeness (QED) is 0.331. The van der Waals surface area contributed by atoms with Crippen LogP contribution in [0.2, 0.25) is 0 Å². The second-order valence-corrected chi connectivity index (χ2v) is 2.56. The molecule has 0 bridgehead atoms. The molecule has 0 saturated heterocycles. The smallest absolute Gasteiger partial charge is 0.500 e. The Morgan fingerprint density at radius 2 is 1.85 bits per heavy atom. The van der Waals surface area contributed by atoms with E-state index in [2.05, 4.69) is 31.2 Å². The normalized spacial score (nSPS) is 15.2.